The van der Waals surface area contributed by atoms with E-state index in [9.17, 15) is 9.59 Å². The topological polar surface area (TPSA) is 111 Å². The van der Waals surface area contributed by atoms with E-state index in [2.05, 4.69) is 20.4 Å². The lowest BCUT2D eigenvalue weighted by Crippen LogP contribution is -2.23. The Bertz CT molecular complexity index is 1280. The number of carbonyl (C=O) groups is 1. The second kappa shape index (κ2) is 9.48. The summed E-state index contributed by atoms with van der Waals surface area (Å²) in [4.78, 5) is 32.8. The Labute approximate surface area is 187 Å². The second-order valence-electron chi connectivity index (χ2n) is 6.71. The van der Waals surface area contributed by atoms with E-state index in [-0.39, 0.29) is 18.1 Å². The maximum atomic E-state index is 12.6. The third kappa shape index (κ3) is 4.70. The van der Waals surface area contributed by atoms with Crippen molar-refractivity contribution in [2.24, 2.45) is 0 Å². The smallest absolute Gasteiger partial charge is 0.263 e. The van der Waals surface area contributed by atoms with Gasteiger partial charge in [0, 0.05) is 17.8 Å². The number of amides is 1. The number of hydrogen-bond donors (Lipinski definition) is 2. The van der Waals surface area contributed by atoms with E-state index < -0.39 is 5.91 Å². The number of aryl methyl sites for hydroxylation is 1. The number of para-hydroxylation sites is 2. The molecule has 10 heteroatoms. The van der Waals surface area contributed by atoms with Crippen molar-refractivity contribution in [1.82, 2.24) is 19.7 Å². The Morgan fingerprint density at radius 1 is 1.19 bits per heavy atom. The number of aromatic amines is 1. The van der Waals surface area contributed by atoms with Gasteiger partial charge in [0.15, 0.2) is 18.1 Å². The van der Waals surface area contributed by atoms with Crippen LogP contribution in [0.5, 0.6) is 11.5 Å². The van der Waals surface area contributed by atoms with Crippen LogP contribution in [0.25, 0.3) is 16.5 Å². The van der Waals surface area contributed by atoms with Crippen LogP contribution in [0.1, 0.15) is 12.6 Å². The number of carbonyl (C=O) groups excluding carboxylic acids is 1. The van der Waals surface area contributed by atoms with Crippen molar-refractivity contribution in [2.75, 3.05) is 19.0 Å². The molecule has 0 saturated heterocycles. The number of anilines is 1. The molecule has 0 aliphatic heterocycles. The fourth-order valence-corrected chi connectivity index (χ4v) is 3.69. The van der Waals surface area contributed by atoms with Gasteiger partial charge in [-0.2, -0.15) is 9.78 Å². The molecule has 3 heterocycles. The van der Waals surface area contributed by atoms with Crippen molar-refractivity contribution < 1.29 is 14.3 Å². The summed E-state index contributed by atoms with van der Waals surface area (Å²) >= 11 is 1.52. The fourth-order valence-electron chi connectivity index (χ4n) is 3.01. The van der Waals surface area contributed by atoms with Crippen LogP contribution in [0.15, 0.2) is 58.7 Å². The molecule has 0 fully saturated rings. The van der Waals surface area contributed by atoms with Gasteiger partial charge < -0.3 is 14.8 Å². The number of H-pyrrole nitrogens is 1. The fraction of sp³-hybridized carbons (Fsp3) is 0.182. The molecule has 1 amide bonds. The van der Waals surface area contributed by atoms with Gasteiger partial charge in [-0.1, -0.05) is 25.1 Å². The summed E-state index contributed by atoms with van der Waals surface area (Å²) < 4.78 is 12.3. The lowest BCUT2D eigenvalue weighted by Gasteiger charge is -2.11. The molecule has 0 aliphatic rings. The van der Waals surface area contributed by atoms with E-state index in [1.54, 1.807) is 24.3 Å². The normalized spacial score (nSPS) is 10.7. The quantitative estimate of drug-likeness (QED) is 0.425. The van der Waals surface area contributed by atoms with Crippen molar-refractivity contribution in [3.05, 3.63) is 70.0 Å². The molecule has 0 saturated carbocycles. The predicted molar refractivity (Wildman–Crippen MR) is 122 cm³/mol. The van der Waals surface area contributed by atoms with Crippen LogP contribution in [-0.2, 0) is 11.2 Å². The molecule has 2 N–H and O–H groups in total. The summed E-state index contributed by atoms with van der Waals surface area (Å²) in [7, 11) is 1.53. The maximum Gasteiger partial charge on any atom is 0.263 e. The lowest BCUT2D eigenvalue weighted by molar-refractivity contribution is -0.118. The van der Waals surface area contributed by atoms with E-state index in [0.29, 0.717) is 35.1 Å². The number of rotatable bonds is 8. The highest BCUT2D eigenvalue weighted by Crippen LogP contribution is 2.28. The molecular formula is C22H21N5O4S. The highest BCUT2D eigenvalue weighted by Gasteiger charge is 2.17. The molecule has 0 aliphatic carbocycles. The summed E-state index contributed by atoms with van der Waals surface area (Å²) in [6, 6.07) is 14.1. The Balaban J connectivity index is 1.61. The second-order valence-corrected chi connectivity index (χ2v) is 7.65. The standard InChI is InChI=1S/C22H21N5O4S/c1-3-14-11-20(28)25-22(23-14)27-19(12-15(26-27)18-9-6-10-32-18)24-21(29)13-31-17-8-5-4-7-16(17)30-2/h4-12H,3,13H2,1-2H3,(H,24,29)(H,23,25,28). The molecule has 4 aromatic rings. The molecule has 4 rings (SSSR count). The first-order valence-electron chi connectivity index (χ1n) is 9.87. The van der Waals surface area contributed by atoms with Crippen LogP contribution in [0.4, 0.5) is 5.82 Å². The summed E-state index contributed by atoms with van der Waals surface area (Å²) in [5.41, 5.74) is 0.969. The van der Waals surface area contributed by atoms with Gasteiger partial charge >= 0.3 is 0 Å². The third-order valence-corrected chi connectivity index (χ3v) is 5.42. The van der Waals surface area contributed by atoms with Crippen LogP contribution < -0.4 is 20.3 Å². The Morgan fingerprint density at radius 2 is 2.00 bits per heavy atom. The molecule has 0 spiro atoms. The number of hydrogen-bond acceptors (Lipinski definition) is 7. The first kappa shape index (κ1) is 21.3. The van der Waals surface area contributed by atoms with E-state index in [4.69, 9.17) is 9.47 Å². The van der Waals surface area contributed by atoms with Gasteiger partial charge in [-0.3, -0.25) is 14.6 Å². The van der Waals surface area contributed by atoms with Gasteiger partial charge in [0.25, 0.3) is 11.5 Å². The zero-order chi connectivity index (χ0) is 22.5. The molecule has 0 unspecified atom stereocenters. The van der Waals surface area contributed by atoms with Gasteiger partial charge in [0.2, 0.25) is 5.95 Å². The highest BCUT2D eigenvalue weighted by atomic mass is 32.1. The summed E-state index contributed by atoms with van der Waals surface area (Å²) in [6.45, 7) is 1.67. The van der Waals surface area contributed by atoms with E-state index in [0.717, 1.165) is 4.88 Å². The van der Waals surface area contributed by atoms with Crippen molar-refractivity contribution >= 4 is 23.1 Å². The molecule has 32 heavy (non-hydrogen) atoms. The van der Waals surface area contributed by atoms with E-state index in [1.165, 1.54) is 29.2 Å². The number of nitrogens with zero attached hydrogens (tertiary/aromatic N) is 3. The molecule has 9 nitrogen and oxygen atoms in total. The van der Waals surface area contributed by atoms with Gasteiger partial charge in [-0.15, -0.1) is 11.3 Å². The van der Waals surface area contributed by atoms with Crippen LogP contribution >= 0.6 is 11.3 Å². The van der Waals surface area contributed by atoms with Crippen LogP contribution in [-0.4, -0.2) is 39.4 Å². The average Bonchev–Trinajstić information content (AvgIpc) is 3.47. The Kier molecular flexibility index (Phi) is 6.31. The number of aromatic nitrogens is 4. The molecule has 3 aromatic heterocycles. The number of ether oxygens (including phenoxy) is 2. The van der Waals surface area contributed by atoms with Crippen LogP contribution in [0.3, 0.4) is 0 Å². The molecule has 0 bridgehead atoms. The first-order valence-corrected chi connectivity index (χ1v) is 10.8. The third-order valence-electron chi connectivity index (χ3n) is 4.52. The highest BCUT2D eigenvalue weighted by molar-refractivity contribution is 7.13. The van der Waals surface area contributed by atoms with Gasteiger partial charge in [0.05, 0.1) is 12.0 Å². The van der Waals surface area contributed by atoms with Crippen molar-refractivity contribution in [3.63, 3.8) is 0 Å². The first-order chi connectivity index (χ1) is 15.6. The van der Waals surface area contributed by atoms with E-state index in [1.807, 2.05) is 30.5 Å². The van der Waals surface area contributed by atoms with Crippen LogP contribution in [0, 0.1) is 0 Å². The minimum atomic E-state index is -0.399. The Hall–Kier alpha value is -3.92. The lowest BCUT2D eigenvalue weighted by atomic mass is 10.3. The molecular weight excluding hydrogens is 430 g/mol. The summed E-state index contributed by atoms with van der Waals surface area (Å²) in [5, 5.41) is 9.29. The average molecular weight is 452 g/mol. The largest absolute Gasteiger partial charge is 0.493 e. The number of thiophene rings is 1. The zero-order valence-corrected chi connectivity index (χ0v) is 18.3. The van der Waals surface area contributed by atoms with Gasteiger partial charge in [-0.25, -0.2) is 4.98 Å². The molecule has 164 valence electrons. The van der Waals surface area contributed by atoms with Gasteiger partial charge in [-0.05, 0) is 30.0 Å². The number of methoxy groups -OCH3 is 1. The number of nitrogens with one attached hydrogen (secondary N) is 2. The predicted octanol–water partition coefficient (Wildman–Crippen LogP) is 3.27. The van der Waals surface area contributed by atoms with Crippen LogP contribution in [0.2, 0.25) is 0 Å². The van der Waals surface area contributed by atoms with Crippen molar-refractivity contribution in [3.8, 4) is 28.0 Å². The summed E-state index contributed by atoms with van der Waals surface area (Å²) in [5.74, 6) is 1.17. The van der Waals surface area contributed by atoms with Crippen molar-refractivity contribution in [1.29, 1.82) is 0 Å². The van der Waals surface area contributed by atoms with E-state index >= 15 is 0 Å². The Morgan fingerprint density at radius 3 is 2.72 bits per heavy atom. The SMILES string of the molecule is CCc1cc(=O)[nH]c(-n2nc(-c3cccs3)cc2NC(=O)COc2ccccc2OC)n1. The minimum Gasteiger partial charge on any atom is -0.493 e. The maximum absolute atomic E-state index is 12.6. The number of benzene rings is 1. The molecule has 0 radical (unpaired) electrons. The van der Waals surface area contributed by atoms with Gasteiger partial charge in [0.1, 0.15) is 11.5 Å². The van der Waals surface area contributed by atoms with Crippen molar-refractivity contribution in [2.45, 2.75) is 13.3 Å². The minimum absolute atomic E-state index is 0.220. The monoisotopic (exact) mass is 451 g/mol. The molecule has 0 atom stereocenters. The zero-order valence-electron chi connectivity index (χ0n) is 17.5. The summed E-state index contributed by atoms with van der Waals surface area (Å²) in [6.07, 6.45) is 0.588. The molecule has 1 aromatic carbocycles.